The third-order valence-electron chi connectivity index (χ3n) is 5.31. The molecular formula is C27H24BrN3O4. The van der Waals surface area contributed by atoms with E-state index in [4.69, 9.17) is 9.47 Å². The number of carbonyl (C=O) groups is 2. The highest BCUT2D eigenvalue weighted by Crippen LogP contribution is 2.31. The van der Waals surface area contributed by atoms with E-state index in [1.165, 1.54) is 12.1 Å². The van der Waals surface area contributed by atoms with Crippen molar-refractivity contribution in [2.24, 2.45) is 5.10 Å². The Bertz CT molecular complexity index is 1330. The minimum atomic E-state index is -0.280. The predicted octanol–water partition coefficient (Wildman–Crippen LogP) is 5.59. The molecule has 178 valence electrons. The Morgan fingerprint density at radius 1 is 1.06 bits per heavy atom. The van der Waals surface area contributed by atoms with Crippen molar-refractivity contribution in [3.05, 3.63) is 87.9 Å². The Morgan fingerprint density at radius 2 is 1.83 bits per heavy atom. The molecule has 3 aromatic rings. The Hall–Kier alpha value is -3.91. The molecule has 4 rings (SSSR count). The summed E-state index contributed by atoms with van der Waals surface area (Å²) in [5, 5.41) is 8.59. The van der Waals surface area contributed by atoms with E-state index in [0.717, 1.165) is 15.6 Å². The lowest BCUT2D eigenvalue weighted by molar-refractivity contribution is -0.118. The number of carbonyl (C=O) groups excluding carboxylic acids is 2. The third kappa shape index (κ3) is 5.78. The van der Waals surface area contributed by atoms with Crippen LogP contribution in [0.2, 0.25) is 0 Å². The van der Waals surface area contributed by atoms with Crippen molar-refractivity contribution in [3.8, 4) is 11.5 Å². The van der Waals surface area contributed by atoms with Crippen LogP contribution in [0.5, 0.6) is 11.5 Å². The average Bonchev–Trinajstić information content (AvgIpc) is 3.13. The summed E-state index contributed by atoms with van der Waals surface area (Å²) in [6, 6.07) is 20.2. The number of methoxy groups -OCH3 is 1. The lowest BCUT2D eigenvalue weighted by Gasteiger charge is -2.13. The number of nitrogens with zero attached hydrogens (tertiary/aromatic N) is 2. The van der Waals surface area contributed by atoms with Crippen LogP contribution in [0.1, 0.15) is 18.1 Å². The highest BCUT2D eigenvalue weighted by Gasteiger charge is 2.28. The maximum absolute atomic E-state index is 13.0. The monoisotopic (exact) mass is 533 g/mol. The van der Waals surface area contributed by atoms with Crippen LogP contribution >= 0.6 is 15.9 Å². The molecule has 35 heavy (non-hydrogen) atoms. The Balaban J connectivity index is 1.46. The van der Waals surface area contributed by atoms with Crippen molar-refractivity contribution in [2.45, 2.75) is 13.8 Å². The third-order valence-corrected chi connectivity index (χ3v) is 5.80. The van der Waals surface area contributed by atoms with E-state index in [0.29, 0.717) is 34.2 Å². The molecule has 0 fully saturated rings. The fourth-order valence-electron chi connectivity index (χ4n) is 3.50. The first-order valence-corrected chi connectivity index (χ1v) is 11.7. The lowest BCUT2D eigenvalue weighted by atomic mass is 10.1. The van der Waals surface area contributed by atoms with Gasteiger partial charge in [0.15, 0.2) is 18.1 Å². The van der Waals surface area contributed by atoms with E-state index in [2.05, 4.69) is 26.3 Å². The van der Waals surface area contributed by atoms with Crippen LogP contribution < -0.4 is 19.8 Å². The quantitative estimate of drug-likeness (QED) is 0.401. The number of anilines is 2. The van der Waals surface area contributed by atoms with E-state index in [9.17, 15) is 9.59 Å². The molecule has 0 spiro atoms. The molecule has 0 saturated carbocycles. The molecule has 8 heteroatoms. The smallest absolute Gasteiger partial charge is 0.280 e. The standard InChI is InChI=1S/C27H24BrN3O4/c1-17-7-10-21(11-8-17)29-26(32)16-35-24-12-9-19(14-25(24)34-3)13-23-18(2)30-31(27(23)33)22-6-4-5-20(28)15-22/h4-15H,16H2,1-3H3,(H,29,32). The maximum atomic E-state index is 13.0. The van der Waals surface area contributed by atoms with Gasteiger partial charge in [-0.1, -0.05) is 45.8 Å². The number of hydrogen-bond donors (Lipinski definition) is 1. The zero-order chi connectivity index (χ0) is 24.9. The van der Waals surface area contributed by atoms with Gasteiger partial charge in [-0.05, 0) is 68.0 Å². The van der Waals surface area contributed by atoms with Gasteiger partial charge >= 0.3 is 0 Å². The number of hydrogen-bond acceptors (Lipinski definition) is 5. The van der Waals surface area contributed by atoms with Gasteiger partial charge in [0.1, 0.15) is 0 Å². The number of ether oxygens (including phenoxy) is 2. The summed E-state index contributed by atoms with van der Waals surface area (Å²) in [5.41, 5.74) is 4.33. The van der Waals surface area contributed by atoms with Crippen molar-refractivity contribution >= 4 is 50.9 Å². The van der Waals surface area contributed by atoms with E-state index in [1.807, 2.05) is 55.5 Å². The SMILES string of the molecule is COc1cc(C=C2C(=O)N(c3cccc(Br)c3)N=C2C)ccc1OCC(=O)Nc1ccc(C)cc1. The van der Waals surface area contributed by atoms with Gasteiger partial charge in [-0.3, -0.25) is 9.59 Å². The number of benzene rings is 3. The van der Waals surface area contributed by atoms with Gasteiger partial charge in [-0.25, -0.2) is 0 Å². The molecule has 1 aliphatic heterocycles. The van der Waals surface area contributed by atoms with E-state index in [-0.39, 0.29) is 18.4 Å². The van der Waals surface area contributed by atoms with Crippen LogP contribution in [0.15, 0.2) is 81.9 Å². The van der Waals surface area contributed by atoms with Crippen molar-refractivity contribution < 1.29 is 19.1 Å². The summed E-state index contributed by atoms with van der Waals surface area (Å²) in [7, 11) is 1.52. The minimum Gasteiger partial charge on any atom is -0.493 e. The molecule has 0 radical (unpaired) electrons. The van der Waals surface area contributed by atoms with Crippen molar-refractivity contribution in [1.82, 2.24) is 0 Å². The van der Waals surface area contributed by atoms with E-state index < -0.39 is 0 Å². The summed E-state index contributed by atoms with van der Waals surface area (Å²) in [6.45, 7) is 3.61. The molecule has 0 bridgehead atoms. The summed E-state index contributed by atoms with van der Waals surface area (Å²) in [4.78, 5) is 25.3. The Kier molecular flexibility index (Phi) is 7.31. The van der Waals surface area contributed by atoms with Crippen LogP contribution in [-0.4, -0.2) is 31.2 Å². The molecule has 0 saturated heterocycles. The first-order chi connectivity index (χ1) is 16.8. The average molecular weight is 534 g/mol. The Labute approximate surface area is 212 Å². The van der Waals surface area contributed by atoms with E-state index in [1.54, 1.807) is 31.2 Å². The highest BCUT2D eigenvalue weighted by atomic mass is 79.9. The second kappa shape index (κ2) is 10.6. The number of rotatable bonds is 7. The number of hydrazone groups is 1. The van der Waals surface area contributed by atoms with Gasteiger partial charge in [0.25, 0.3) is 11.8 Å². The molecule has 0 aromatic heterocycles. The Morgan fingerprint density at radius 3 is 2.54 bits per heavy atom. The molecule has 2 amide bonds. The first kappa shape index (κ1) is 24.2. The largest absolute Gasteiger partial charge is 0.493 e. The fraction of sp³-hybridized carbons (Fsp3) is 0.148. The van der Waals surface area contributed by atoms with Crippen LogP contribution in [0.3, 0.4) is 0 Å². The number of halogens is 1. The van der Waals surface area contributed by atoms with Crippen LogP contribution in [-0.2, 0) is 9.59 Å². The molecule has 0 atom stereocenters. The van der Waals surface area contributed by atoms with Crippen molar-refractivity contribution in [2.75, 3.05) is 24.0 Å². The summed E-state index contributed by atoms with van der Waals surface area (Å²) in [5.74, 6) is 0.379. The second-order valence-corrected chi connectivity index (χ2v) is 8.87. The molecule has 1 N–H and O–H groups in total. The van der Waals surface area contributed by atoms with Crippen LogP contribution in [0.25, 0.3) is 6.08 Å². The zero-order valence-electron chi connectivity index (χ0n) is 19.5. The van der Waals surface area contributed by atoms with Crippen LogP contribution in [0, 0.1) is 6.92 Å². The van der Waals surface area contributed by atoms with Crippen molar-refractivity contribution in [3.63, 3.8) is 0 Å². The first-order valence-electron chi connectivity index (χ1n) is 10.9. The summed E-state index contributed by atoms with van der Waals surface area (Å²) < 4.78 is 12.0. The normalized spacial score (nSPS) is 14.2. The van der Waals surface area contributed by atoms with Gasteiger partial charge in [0.05, 0.1) is 24.1 Å². The second-order valence-electron chi connectivity index (χ2n) is 7.95. The topological polar surface area (TPSA) is 80.2 Å². The fourth-order valence-corrected chi connectivity index (χ4v) is 3.89. The molecule has 1 aliphatic rings. The number of nitrogens with one attached hydrogen (secondary N) is 1. The molecular weight excluding hydrogens is 510 g/mol. The lowest BCUT2D eigenvalue weighted by Crippen LogP contribution is -2.21. The van der Waals surface area contributed by atoms with Crippen LogP contribution in [0.4, 0.5) is 11.4 Å². The zero-order valence-corrected chi connectivity index (χ0v) is 21.1. The van der Waals surface area contributed by atoms with Gasteiger partial charge < -0.3 is 14.8 Å². The molecule has 7 nitrogen and oxygen atoms in total. The van der Waals surface area contributed by atoms with E-state index >= 15 is 0 Å². The highest BCUT2D eigenvalue weighted by molar-refractivity contribution is 9.10. The summed E-state index contributed by atoms with van der Waals surface area (Å²) >= 11 is 3.42. The molecule has 0 aliphatic carbocycles. The van der Waals surface area contributed by atoms with Gasteiger partial charge in [0.2, 0.25) is 0 Å². The summed E-state index contributed by atoms with van der Waals surface area (Å²) in [6.07, 6.45) is 1.76. The predicted molar refractivity (Wildman–Crippen MR) is 141 cm³/mol. The molecule has 0 unspecified atom stereocenters. The molecule has 3 aromatic carbocycles. The number of aryl methyl sites for hydroxylation is 1. The number of amides is 2. The minimum absolute atomic E-state index is 0.170. The van der Waals surface area contributed by atoms with Gasteiger partial charge in [0, 0.05) is 10.2 Å². The van der Waals surface area contributed by atoms with Gasteiger partial charge in [-0.2, -0.15) is 10.1 Å². The van der Waals surface area contributed by atoms with Crippen molar-refractivity contribution in [1.29, 1.82) is 0 Å². The van der Waals surface area contributed by atoms with Gasteiger partial charge in [-0.15, -0.1) is 0 Å². The maximum Gasteiger partial charge on any atom is 0.280 e. The molecule has 1 heterocycles.